The Morgan fingerprint density at radius 3 is 2.65 bits per heavy atom. The van der Waals surface area contributed by atoms with Crippen molar-refractivity contribution in [2.24, 2.45) is 0 Å². The molecule has 0 amide bonds. The van der Waals surface area contributed by atoms with Gasteiger partial charge < -0.3 is 0 Å². The van der Waals surface area contributed by atoms with Crippen LogP contribution in [0, 0.1) is 6.92 Å². The highest BCUT2D eigenvalue weighted by Crippen LogP contribution is 2.21. The quantitative estimate of drug-likeness (QED) is 0.777. The van der Waals surface area contributed by atoms with Crippen LogP contribution >= 0.6 is 11.8 Å². The van der Waals surface area contributed by atoms with E-state index in [9.17, 15) is 4.79 Å². The molecule has 0 spiro atoms. The molecule has 1 aromatic heterocycles. The number of aromatic nitrogens is 3. The number of carbonyl (C=O) groups is 1. The number of nitrogens with zero attached hydrogens (tertiary/aromatic N) is 3. The lowest BCUT2D eigenvalue weighted by Gasteiger charge is -2.07. The molecular formula is C12H13N3OS. The average Bonchev–Trinajstić information content (AvgIpc) is 2.69. The van der Waals surface area contributed by atoms with E-state index in [1.165, 1.54) is 11.8 Å². The van der Waals surface area contributed by atoms with E-state index < -0.39 is 0 Å². The van der Waals surface area contributed by atoms with Crippen molar-refractivity contribution in [3.8, 4) is 5.69 Å². The van der Waals surface area contributed by atoms with Crippen molar-refractivity contribution in [2.75, 3.05) is 5.75 Å². The number of rotatable bonds is 4. The minimum Gasteiger partial charge on any atom is -0.299 e. The van der Waals surface area contributed by atoms with Crippen molar-refractivity contribution in [3.63, 3.8) is 0 Å². The second kappa shape index (κ2) is 5.14. The molecule has 2 rings (SSSR count). The maximum atomic E-state index is 11.0. The van der Waals surface area contributed by atoms with Gasteiger partial charge in [0.05, 0.1) is 5.75 Å². The lowest BCUT2D eigenvalue weighted by Crippen LogP contribution is -2.01. The molecular weight excluding hydrogens is 234 g/mol. The maximum absolute atomic E-state index is 11.0. The van der Waals surface area contributed by atoms with Gasteiger partial charge in [-0.3, -0.25) is 9.36 Å². The lowest BCUT2D eigenvalue weighted by molar-refractivity contribution is -0.114. The van der Waals surface area contributed by atoms with E-state index in [0.29, 0.717) is 5.75 Å². The molecule has 0 fully saturated rings. The molecule has 0 atom stereocenters. The Bertz CT molecular complexity index is 522. The number of ketones is 1. The first kappa shape index (κ1) is 11.9. The van der Waals surface area contributed by atoms with Gasteiger partial charge in [0.2, 0.25) is 0 Å². The number of para-hydroxylation sites is 1. The summed E-state index contributed by atoms with van der Waals surface area (Å²) in [5, 5.41) is 8.89. The molecule has 17 heavy (non-hydrogen) atoms. The summed E-state index contributed by atoms with van der Waals surface area (Å²) in [6, 6.07) is 9.89. The molecule has 1 heterocycles. The highest BCUT2D eigenvalue weighted by molar-refractivity contribution is 7.99. The zero-order valence-electron chi connectivity index (χ0n) is 9.75. The molecule has 1 aromatic carbocycles. The van der Waals surface area contributed by atoms with Gasteiger partial charge >= 0.3 is 0 Å². The van der Waals surface area contributed by atoms with Crippen molar-refractivity contribution < 1.29 is 4.79 Å². The Morgan fingerprint density at radius 2 is 2.00 bits per heavy atom. The summed E-state index contributed by atoms with van der Waals surface area (Å²) in [7, 11) is 0. The van der Waals surface area contributed by atoms with E-state index in [4.69, 9.17) is 0 Å². The first-order chi connectivity index (χ1) is 8.18. The van der Waals surface area contributed by atoms with Crippen LogP contribution in [0.4, 0.5) is 0 Å². The summed E-state index contributed by atoms with van der Waals surface area (Å²) in [4.78, 5) is 11.0. The Kier molecular flexibility index (Phi) is 3.58. The molecule has 0 N–H and O–H groups in total. The fourth-order valence-corrected chi connectivity index (χ4v) is 2.27. The smallest absolute Gasteiger partial charge is 0.196 e. The molecule has 0 radical (unpaired) electrons. The Morgan fingerprint density at radius 1 is 1.29 bits per heavy atom. The van der Waals surface area contributed by atoms with Gasteiger partial charge in [0.25, 0.3) is 0 Å². The zero-order valence-corrected chi connectivity index (χ0v) is 10.6. The summed E-state index contributed by atoms with van der Waals surface area (Å²) < 4.78 is 1.95. The third-order valence-electron chi connectivity index (χ3n) is 2.21. The molecule has 4 nitrogen and oxygen atoms in total. The lowest BCUT2D eigenvalue weighted by atomic mass is 10.3. The van der Waals surface area contributed by atoms with Crippen LogP contribution < -0.4 is 0 Å². The molecule has 0 aliphatic rings. The van der Waals surface area contributed by atoms with E-state index in [2.05, 4.69) is 10.2 Å². The minimum atomic E-state index is 0.135. The Hall–Kier alpha value is -1.62. The third kappa shape index (κ3) is 2.74. The molecule has 88 valence electrons. The Labute approximate surface area is 104 Å². The normalized spacial score (nSPS) is 10.5. The van der Waals surface area contributed by atoms with Gasteiger partial charge in [-0.05, 0) is 26.0 Å². The third-order valence-corrected chi connectivity index (χ3v) is 3.29. The largest absolute Gasteiger partial charge is 0.299 e. The van der Waals surface area contributed by atoms with Gasteiger partial charge in [0.1, 0.15) is 11.6 Å². The molecule has 0 saturated heterocycles. The summed E-state index contributed by atoms with van der Waals surface area (Å²) in [6.45, 7) is 3.47. The Balaban J connectivity index is 2.33. The molecule has 0 saturated carbocycles. The number of aryl methyl sites for hydroxylation is 1. The molecule has 0 aliphatic carbocycles. The van der Waals surface area contributed by atoms with Gasteiger partial charge in [0, 0.05) is 5.69 Å². The van der Waals surface area contributed by atoms with Crippen LogP contribution in [-0.4, -0.2) is 26.3 Å². The number of benzene rings is 1. The van der Waals surface area contributed by atoms with Gasteiger partial charge in [-0.2, -0.15) is 0 Å². The molecule has 0 aliphatic heterocycles. The van der Waals surface area contributed by atoms with Crippen molar-refractivity contribution in [3.05, 3.63) is 36.2 Å². The SMILES string of the molecule is CC(=O)CSc1nnc(C)n1-c1ccccc1. The maximum Gasteiger partial charge on any atom is 0.196 e. The fourth-order valence-electron chi connectivity index (χ4n) is 1.48. The van der Waals surface area contributed by atoms with E-state index in [0.717, 1.165) is 16.7 Å². The molecule has 5 heteroatoms. The summed E-state index contributed by atoms with van der Waals surface area (Å²) in [5.74, 6) is 1.38. The highest BCUT2D eigenvalue weighted by Gasteiger charge is 2.11. The first-order valence-corrected chi connectivity index (χ1v) is 6.26. The van der Waals surface area contributed by atoms with Crippen LogP contribution in [0.2, 0.25) is 0 Å². The van der Waals surface area contributed by atoms with Crippen LogP contribution in [-0.2, 0) is 4.79 Å². The van der Waals surface area contributed by atoms with Crippen LogP contribution in [0.3, 0.4) is 0 Å². The summed E-state index contributed by atoms with van der Waals surface area (Å²) in [5.41, 5.74) is 1.01. The summed E-state index contributed by atoms with van der Waals surface area (Å²) >= 11 is 1.41. The van der Waals surface area contributed by atoms with Gasteiger partial charge in [-0.25, -0.2) is 0 Å². The number of Topliss-reactive ketones (excluding diaryl/α,β-unsaturated/α-hetero) is 1. The highest BCUT2D eigenvalue weighted by atomic mass is 32.2. The second-order valence-electron chi connectivity index (χ2n) is 3.69. The zero-order chi connectivity index (χ0) is 12.3. The monoisotopic (exact) mass is 247 g/mol. The standard InChI is InChI=1S/C12H13N3OS/c1-9(16)8-17-12-14-13-10(2)15(12)11-6-4-3-5-7-11/h3-7H,8H2,1-2H3. The van der Waals surface area contributed by atoms with Crippen molar-refractivity contribution in [1.82, 2.24) is 14.8 Å². The number of hydrogen-bond donors (Lipinski definition) is 0. The van der Waals surface area contributed by atoms with Crippen LogP contribution in [0.1, 0.15) is 12.7 Å². The van der Waals surface area contributed by atoms with Crippen LogP contribution in [0.5, 0.6) is 0 Å². The summed E-state index contributed by atoms with van der Waals surface area (Å²) in [6.07, 6.45) is 0. The van der Waals surface area contributed by atoms with Crippen LogP contribution in [0.15, 0.2) is 35.5 Å². The van der Waals surface area contributed by atoms with Crippen molar-refractivity contribution in [1.29, 1.82) is 0 Å². The van der Waals surface area contributed by atoms with Gasteiger partial charge in [0.15, 0.2) is 5.16 Å². The second-order valence-corrected chi connectivity index (χ2v) is 4.63. The van der Waals surface area contributed by atoms with E-state index in [1.54, 1.807) is 6.92 Å². The van der Waals surface area contributed by atoms with Crippen molar-refractivity contribution in [2.45, 2.75) is 19.0 Å². The van der Waals surface area contributed by atoms with E-state index in [1.807, 2.05) is 41.8 Å². The predicted octanol–water partition coefficient (Wildman–Crippen LogP) is 2.26. The van der Waals surface area contributed by atoms with Gasteiger partial charge in [-0.1, -0.05) is 30.0 Å². The first-order valence-electron chi connectivity index (χ1n) is 5.28. The average molecular weight is 247 g/mol. The number of carbonyl (C=O) groups excluding carboxylic acids is 1. The topological polar surface area (TPSA) is 47.8 Å². The van der Waals surface area contributed by atoms with E-state index in [-0.39, 0.29) is 5.78 Å². The number of thioether (sulfide) groups is 1. The van der Waals surface area contributed by atoms with Crippen molar-refractivity contribution >= 4 is 17.5 Å². The molecule has 0 unspecified atom stereocenters. The number of hydrogen-bond acceptors (Lipinski definition) is 4. The molecule has 0 bridgehead atoms. The molecule has 2 aromatic rings. The minimum absolute atomic E-state index is 0.135. The van der Waals surface area contributed by atoms with Crippen LogP contribution in [0.25, 0.3) is 5.69 Å². The van der Waals surface area contributed by atoms with E-state index >= 15 is 0 Å². The predicted molar refractivity (Wildman–Crippen MR) is 67.5 cm³/mol. The van der Waals surface area contributed by atoms with Gasteiger partial charge in [-0.15, -0.1) is 10.2 Å². The fraction of sp³-hybridized carbons (Fsp3) is 0.250.